The second kappa shape index (κ2) is 8.49. The number of thiazole rings is 1. The predicted molar refractivity (Wildman–Crippen MR) is 106 cm³/mol. The average molecular weight is 399 g/mol. The predicted octanol–water partition coefficient (Wildman–Crippen LogP) is 3.91. The Kier molecular flexibility index (Phi) is 5.85. The van der Waals surface area contributed by atoms with Gasteiger partial charge in [-0.2, -0.15) is 0 Å². The van der Waals surface area contributed by atoms with Crippen LogP contribution in [0.4, 0.5) is 11.4 Å². The number of amides is 1. The van der Waals surface area contributed by atoms with Crippen molar-refractivity contribution in [3.8, 4) is 11.5 Å². The maximum atomic E-state index is 12.5. The van der Waals surface area contributed by atoms with Gasteiger partial charge in [0.15, 0.2) is 0 Å². The van der Waals surface area contributed by atoms with Crippen LogP contribution in [0.3, 0.4) is 0 Å². The van der Waals surface area contributed by atoms with Crippen LogP contribution in [0.1, 0.15) is 21.1 Å². The molecule has 2 aromatic carbocycles. The second-order valence-electron chi connectivity index (χ2n) is 5.75. The normalized spacial score (nSPS) is 10.4. The van der Waals surface area contributed by atoms with Gasteiger partial charge in [-0.05, 0) is 23.8 Å². The van der Waals surface area contributed by atoms with Crippen molar-refractivity contribution in [2.75, 3.05) is 19.5 Å². The zero-order valence-corrected chi connectivity index (χ0v) is 16.0. The molecule has 1 N–H and O–H groups in total. The van der Waals surface area contributed by atoms with Gasteiger partial charge in [0.25, 0.3) is 11.6 Å². The molecule has 1 heterocycles. The van der Waals surface area contributed by atoms with E-state index in [-0.39, 0.29) is 17.1 Å². The lowest BCUT2D eigenvalue weighted by molar-refractivity contribution is -0.384. The number of anilines is 1. The van der Waals surface area contributed by atoms with Crippen LogP contribution in [0.15, 0.2) is 47.8 Å². The minimum Gasteiger partial charge on any atom is -0.497 e. The number of methoxy groups -OCH3 is 2. The van der Waals surface area contributed by atoms with Crippen molar-refractivity contribution in [2.24, 2.45) is 0 Å². The standard InChI is InChI=1S/C19H17N3O5S/c1-26-14-6-3-12(4-7-14)9-18-20-16(11-28-18)19(23)21-15-10-13(22(24)25)5-8-17(15)27-2/h3-8,10-11H,9H2,1-2H3,(H,21,23). The van der Waals surface area contributed by atoms with Gasteiger partial charge in [-0.1, -0.05) is 12.1 Å². The molecule has 28 heavy (non-hydrogen) atoms. The molecule has 0 aliphatic rings. The molecule has 0 radical (unpaired) electrons. The van der Waals surface area contributed by atoms with E-state index >= 15 is 0 Å². The first kappa shape index (κ1) is 19.3. The van der Waals surface area contributed by atoms with Crippen LogP contribution in [0.2, 0.25) is 0 Å². The van der Waals surface area contributed by atoms with Gasteiger partial charge in [0.2, 0.25) is 0 Å². The molecule has 8 nitrogen and oxygen atoms in total. The minimum atomic E-state index is -0.537. The summed E-state index contributed by atoms with van der Waals surface area (Å²) in [6.45, 7) is 0. The smallest absolute Gasteiger partial charge is 0.275 e. The summed E-state index contributed by atoms with van der Waals surface area (Å²) in [5.74, 6) is 0.637. The molecule has 0 bridgehead atoms. The number of benzene rings is 2. The molecule has 1 aromatic heterocycles. The Morgan fingerprint density at radius 3 is 2.57 bits per heavy atom. The van der Waals surface area contributed by atoms with E-state index in [1.54, 1.807) is 12.5 Å². The van der Waals surface area contributed by atoms with Crippen molar-refractivity contribution < 1.29 is 19.2 Å². The molecule has 0 fully saturated rings. The second-order valence-corrected chi connectivity index (χ2v) is 6.69. The number of non-ortho nitro benzene ring substituents is 1. The monoisotopic (exact) mass is 399 g/mol. The van der Waals surface area contributed by atoms with Crippen LogP contribution >= 0.6 is 11.3 Å². The number of carbonyl (C=O) groups excluding carboxylic acids is 1. The largest absolute Gasteiger partial charge is 0.497 e. The highest BCUT2D eigenvalue weighted by Crippen LogP contribution is 2.29. The number of carbonyl (C=O) groups is 1. The molecule has 0 aliphatic carbocycles. The zero-order valence-electron chi connectivity index (χ0n) is 15.2. The molecule has 0 atom stereocenters. The third kappa shape index (κ3) is 4.44. The summed E-state index contributed by atoms with van der Waals surface area (Å²) in [5.41, 5.74) is 1.35. The highest BCUT2D eigenvalue weighted by molar-refractivity contribution is 7.09. The van der Waals surface area contributed by atoms with Gasteiger partial charge in [0.1, 0.15) is 17.2 Å². The van der Waals surface area contributed by atoms with E-state index in [0.29, 0.717) is 12.2 Å². The summed E-state index contributed by atoms with van der Waals surface area (Å²) in [6, 6.07) is 11.6. The number of hydrogen-bond acceptors (Lipinski definition) is 7. The van der Waals surface area contributed by atoms with Crippen LogP contribution in [0, 0.1) is 10.1 Å². The summed E-state index contributed by atoms with van der Waals surface area (Å²) in [5, 5.41) is 16.0. The van der Waals surface area contributed by atoms with Crippen LogP contribution in [-0.4, -0.2) is 30.0 Å². The lowest BCUT2D eigenvalue weighted by Crippen LogP contribution is -2.13. The highest BCUT2D eigenvalue weighted by atomic mass is 32.1. The summed E-state index contributed by atoms with van der Waals surface area (Å²) < 4.78 is 10.3. The molecular weight excluding hydrogens is 382 g/mol. The summed E-state index contributed by atoms with van der Waals surface area (Å²) in [6.07, 6.45) is 0.585. The van der Waals surface area contributed by atoms with Gasteiger partial charge in [-0.3, -0.25) is 14.9 Å². The number of aromatic nitrogens is 1. The SMILES string of the molecule is COc1ccc(Cc2nc(C(=O)Nc3cc([N+](=O)[O-])ccc3OC)cs2)cc1. The zero-order chi connectivity index (χ0) is 20.1. The Labute approximate surface area is 164 Å². The van der Waals surface area contributed by atoms with Crippen molar-refractivity contribution in [2.45, 2.75) is 6.42 Å². The third-order valence-electron chi connectivity index (χ3n) is 3.94. The fourth-order valence-corrected chi connectivity index (χ4v) is 3.32. The van der Waals surface area contributed by atoms with Gasteiger partial charge in [-0.15, -0.1) is 11.3 Å². The number of rotatable bonds is 7. The Morgan fingerprint density at radius 1 is 1.18 bits per heavy atom. The first-order valence-electron chi connectivity index (χ1n) is 8.21. The van der Waals surface area contributed by atoms with Crippen LogP contribution in [0.25, 0.3) is 0 Å². The van der Waals surface area contributed by atoms with E-state index < -0.39 is 10.8 Å². The van der Waals surface area contributed by atoms with E-state index in [4.69, 9.17) is 9.47 Å². The maximum absolute atomic E-state index is 12.5. The molecule has 0 saturated heterocycles. The van der Waals surface area contributed by atoms with Crippen molar-refractivity contribution in [3.05, 3.63) is 74.2 Å². The van der Waals surface area contributed by atoms with E-state index in [0.717, 1.165) is 16.3 Å². The molecule has 0 unspecified atom stereocenters. The van der Waals surface area contributed by atoms with E-state index in [1.807, 2.05) is 24.3 Å². The molecule has 3 aromatic rings. The Balaban J connectivity index is 1.73. The topological polar surface area (TPSA) is 104 Å². The van der Waals surface area contributed by atoms with Crippen molar-refractivity contribution in [1.82, 2.24) is 4.98 Å². The molecule has 0 saturated carbocycles. The van der Waals surface area contributed by atoms with E-state index in [1.165, 1.54) is 36.6 Å². The molecule has 1 amide bonds. The van der Waals surface area contributed by atoms with Gasteiger partial charge in [0.05, 0.1) is 29.8 Å². The Morgan fingerprint density at radius 2 is 1.93 bits per heavy atom. The molecular formula is C19H17N3O5S. The van der Waals surface area contributed by atoms with Crippen LogP contribution < -0.4 is 14.8 Å². The molecule has 0 aliphatic heterocycles. The number of hydrogen-bond donors (Lipinski definition) is 1. The van der Waals surface area contributed by atoms with Crippen molar-refractivity contribution >= 4 is 28.6 Å². The lowest BCUT2D eigenvalue weighted by Gasteiger charge is -2.08. The summed E-state index contributed by atoms with van der Waals surface area (Å²) in [4.78, 5) is 27.3. The van der Waals surface area contributed by atoms with E-state index in [2.05, 4.69) is 10.3 Å². The van der Waals surface area contributed by atoms with Crippen molar-refractivity contribution in [3.63, 3.8) is 0 Å². The third-order valence-corrected chi connectivity index (χ3v) is 4.79. The number of nitrogens with one attached hydrogen (secondary N) is 1. The number of ether oxygens (including phenoxy) is 2. The molecule has 0 spiro atoms. The fraction of sp³-hybridized carbons (Fsp3) is 0.158. The summed E-state index contributed by atoms with van der Waals surface area (Å²) >= 11 is 1.37. The number of nitrogens with zero attached hydrogens (tertiary/aromatic N) is 2. The number of nitro benzene ring substituents is 1. The fourth-order valence-electron chi connectivity index (χ4n) is 2.51. The first-order chi connectivity index (χ1) is 13.5. The summed E-state index contributed by atoms with van der Waals surface area (Å²) in [7, 11) is 3.03. The first-order valence-corrected chi connectivity index (χ1v) is 9.09. The minimum absolute atomic E-state index is 0.144. The Bertz CT molecular complexity index is 1000. The highest BCUT2D eigenvalue weighted by Gasteiger charge is 2.17. The van der Waals surface area contributed by atoms with E-state index in [9.17, 15) is 14.9 Å². The Hall–Kier alpha value is -3.46. The molecule has 3 rings (SSSR count). The molecule has 144 valence electrons. The maximum Gasteiger partial charge on any atom is 0.275 e. The van der Waals surface area contributed by atoms with Gasteiger partial charge in [-0.25, -0.2) is 4.98 Å². The van der Waals surface area contributed by atoms with Gasteiger partial charge in [0, 0.05) is 23.9 Å². The average Bonchev–Trinajstić information content (AvgIpc) is 3.17. The lowest BCUT2D eigenvalue weighted by atomic mass is 10.1. The molecule has 9 heteroatoms. The van der Waals surface area contributed by atoms with Gasteiger partial charge < -0.3 is 14.8 Å². The van der Waals surface area contributed by atoms with Crippen molar-refractivity contribution in [1.29, 1.82) is 0 Å². The quantitative estimate of drug-likeness (QED) is 0.477. The number of nitro groups is 1. The van der Waals surface area contributed by atoms with Crippen LogP contribution in [0.5, 0.6) is 11.5 Å². The van der Waals surface area contributed by atoms with Crippen LogP contribution in [-0.2, 0) is 6.42 Å². The van der Waals surface area contributed by atoms with Gasteiger partial charge >= 0.3 is 0 Å².